The van der Waals surface area contributed by atoms with Crippen LogP contribution in [0.4, 0.5) is 10.2 Å². The smallest absolute Gasteiger partial charge is 0.340 e. The number of hydrogen-bond donors (Lipinski definition) is 4. The standard InChI is InChI=1S/C15H21ClFN5O8P2/c16-15-19-12(21-3-1-2-4-21)10-13(20-15)22(6-18-10)14-9(17)11(23)8(30-14)5-29-32(27,28)7-31(24,25)26/h6,8-9,11,14,23H,1-5,7H2,(H,27,28)(H2,24,25,26)/t8-,9+,11-,14-/m1/s1. The van der Waals surface area contributed by atoms with Gasteiger partial charge in [-0.05, 0) is 24.4 Å². The topological polar surface area (TPSA) is 180 Å². The Bertz CT molecular complexity index is 1100. The summed E-state index contributed by atoms with van der Waals surface area (Å²) in [5.74, 6) is -0.907. The van der Waals surface area contributed by atoms with Gasteiger partial charge in [-0.15, -0.1) is 0 Å². The SMILES string of the molecule is O=P(O)(O)CP(=O)(O)OC[C@H]1O[C@@H](n2cnc3c(N4CCCC4)nc(Cl)nc32)[C@@H](F)[C@@H]1O. The fourth-order valence-electron chi connectivity index (χ4n) is 3.74. The van der Waals surface area contributed by atoms with Crippen LogP contribution in [0.5, 0.6) is 0 Å². The fraction of sp³-hybridized carbons (Fsp3) is 0.667. The van der Waals surface area contributed by atoms with E-state index in [1.807, 2.05) is 4.90 Å². The molecule has 2 aliphatic heterocycles. The molecule has 2 aromatic rings. The number of ether oxygens (including phenoxy) is 1. The highest BCUT2D eigenvalue weighted by molar-refractivity contribution is 7.70. The van der Waals surface area contributed by atoms with E-state index in [1.54, 1.807) is 0 Å². The average molecular weight is 516 g/mol. The zero-order valence-corrected chi connectivity index (χ0v) is 19.0. The maximum atomic E-state index is 14.9. The molecule has 4 heterocycles. The van der Waals surface area contributed by atoms with E-state index in [9.17, 15) is 23.5 Å². The van der Waals surface area contributed by atoms with Crippen LogP contribution >= 0.6 is 26.8 Å². The first-order valence-corrected chi connectivity index (χ1v) is 13.5. The number of aliphatic hydroxyl groups is 1. The number of anilines is 1. The van der Waals surface area contributed by atoms with Gasteiger partial charge in [0.2, 0.25) is 5.28 Å². The number of hydrogen-bond acceptors (Lipinski definition) is 9. The Morgan fingerprint density at radius 2 is 1.94 bits per heavy atom. The summed E-state index contributed by atoms with van der Waals surface area (Å²) in [7, 11) is -9.53. The van der Waals surface area contributed by atoms with Gasteiger partial charge in [-0.3, -0.25) is 13.7 Å². The first-order chi connectivity index (χ1) is 15.0. The average Bonchev–Trinajstić information content (AvgIpc) is 3.39. The van der Waals surface area contributed by atoms with Crippen molar-refractivity contribution >= 4 is 43.8 Å². The van der Waals surface area contributed by atoms with Gasteiger partial charge in [0.1, 0.15) is 12.2 Å². The van der Waals surface area contributed by atoms with Gasteiger partial charge in [0.25, 0.3) is 0 Å². The first kappa shape index (κ1) is 23.9. The summed E-state index contributed by atoms with van der Waals surface area (Å²) < 4.78 is 49.1. The summed E-state index contributed by atoms with van der Waals surface area (Å²) in [5, 5.41) is 10.1. The Kier molecular flexibility index (Phi) is 6.63. The van der Waals surface area contributed by atoms with Crippen LogP contribution in [0.2, 0.25) is 5.28 Å². The van der Waals surface area contributed by atoms with Crippen LogP contribution in [0, 0.1) is 0 Å². The van der Waals surface area contributed by atoms with Crippen LogP contribution in [0.25, 0.3) is 11.2 Å². The number of rotatable bonds is 7. The summed E-state index contributed by atoms with van der Waals surface area (Å²) in [5.41, 5.74) is 0.561. The molecule has 2 aliphatic rings. The lowest BCUT2D eigenvalue weighted by Gasteiger charge is -2.19. The second-order valence-electron chi connectivity index (χ2n) is 7.57. The minimum absolute atomic E-state index is 0.0753. The van der Waals surface area contributed by atoms with Crippen LogP contribution in [0.1, 0.15) is 19.1 Å². The van der Waals surface area contributed by atoms with E-state index in [0.717, 1.165) is 25.9 Å². The molecule has 4 N–H and O–H groups in total. The molecule has 17 heteroatoms. The highest BCUT2D eigenvalue weighted by atomic mass is 35.5. The molecule has 0 bridgehead atoms. The summed E-state index contributed by atoms with van der Waals surface area (Å²) in [6, 6.07) is 0. The Hall–Kier alpha value is -1.21. The van der Waals surface area contributed by atoms with Gasteiger partial charge >= 0.3 is 15.2 Å². The molecule has 32 heavy (non-hydrogen) atoms. The largest absolute Gasteiger partial charge is 0.387 e. The van der Waals surface area contributed by atoms with Crippen molar-refractivity contribution in [2.24, 2.45) is 0 Å². The van der Waals surface area contributed by atoms with Crippen molar-refractivity contribution in [1.82, 2.24) is 19.5 Å². The first-order valence-electron chi connectivity index (χ1n) is 9.59. The van der Waals surface area contributed by atoms with Gasteiger partial charge in [-0.25, -0.2) is 9.37 Å². The Labute approximate surface area is 185 Å². The highest BCUT2D eigenvalue weighted by Crippen LogP contribution is 2.55. The van der Waals surface area contributed by atoms with E-state index in [1.165, 1.54) is 10.9 Å². The Morgan fingerprint density at radius 1 is 1.25 bits per heavy atom. The summed E-state index contributed by atoms with van der Waals surface area (Å²) in [6.07, 6.45) is -3.29. The molecule has 0 radical (unpaired) electrons. The third-order valence-electron chi connectivity index (χ3n) is 5.15. The van der Waals surface area contributed by atoms with E-state index < -0.39 is 52.3 Å². The van der Waals surface area contributed by atoms with Crippen molar-refractivity contribution < 1.29 is 42.6 Å². The number of fused-ring (bicyclic) bond motifs is 1. The van der Waals surface area contributed by atoms with Crippen molar-refractivity contribution in [2.45, 2.75) is 37.4 Å². The molecule has 2 saturated heterocycles. The molecular weight excluding hydrogens is 495 g/mol. The van der Waals surface area contributed by atoms with Gasteiger partial charge in [0.15, 0.2) is 35.3 Å². The maximum absolute atomic E-state index is 14.9. The second-order valence-corrected chi connectivity index (χ2v) is 11.9. The van der Waals surface area contributed by atoms with Crippen LogP contribution in [-0.4, -0.2) is 83.3 Å². The van der Waals surface area contributed by atoms with Crippen molar-refractivity contribution in [3.63, 3.8) is 0 Å². The van der Waals surface area contributed by atoms with Crippen molar-refractivity contribution in [3.05, 3.63) is 11.6 Å². The zero-order chi connectivity index (χ0) is 23.3. The van der Waals surface area contributed by atoms with Crippen molar-refractivity contribution in [1.29, 1.82) is 0 Å². The van der Waals surface area contributed by atoms with E-state index in [4.69, 9.17) is 26.1 Å². The molecule has 0 aromatic carbocycles. The number of halogens is 2. The molecule has 0 aliphatic carbocycles. The molecular formula is C15H21ClFN5O8P2. The van der Waals surface area contributed by atoms with Crippen LogP contribution in [-0.2, 0) is 18.4 Å². The number of aromatic nitrogens is 4. The van der Waals surface area contributed by atoms with Gasteiger partial charge in [-0.2, -0.15) is 9.97 Å². The molecule has 13 nitrogen and oxygen atoms in total. The van der Waals surface area contributed by atoms with Gasteiger partial charge < -0.3 is 33.9 Å². The monoisotopic (exact) mass is 515 g/mol. The van der Waals surface area contributed by atoms with E-state index in [-0.39, 0.29) is 10.9 Å². The molecule has 0 saturated carbocycles. The van der Waals surface area contributed by atoms with Gasteiger partial charge in [-0.1, -0.05) is 0 Å². The number of aliphatic hydroxyl groups excluding tert-OH is 1. The van der Waals surface area contributed by atoms with Crippen LogP contribution in [0.3, 0.4) is 0 Å². The highest BCUT2D eigenvalue weighted by Gasteiger charge is 2.47. The molecule has 2 fully saturated rings. The number of nitrogens with zero attached hydrogens (tertiary/aromatic N) is 5. The lowest BCUT2D eigenvalue weighted by Crippen LogP contribution is -2.31. The summed E-state index contributed by atoms with van der Waals surface area (Å²) >= 11 is 6.07. The Balaban J connectivity index is 1.55. The van der Waals surface area contributed by atoms with Gasteiger partial charge in [0, 0.05) is 13.1 Å². The molecule has 178 valence electrons. The summed E-state index contributed by atoms with van der Waals surface area (Å²) in [4.78, 5) is 41.9. The normalized spacial score (nSPS) is 28.5. The quantitative estimate of drug-likeness (QED) is 0.304. The zero-order valence-electron chi connectivity index (χ0n) is 16.4. The Morgan fingerprint density at radius 3 is 2.59 bits per heavy atom. The third kappa shape index (κ3) is 4.98. The summed E-state index contributed by atoms with van der Waals surface area (Å²) in [6.45, 7) is 0.747. The molecule has 5 atom stereocenters. The van der Waals surface area contributed by atoms with Gasteiger partial charge in [0.05, 0.1) is 12.9 Å². The minimum atomic E-state index is -4.83. The number of imidazole rings is 1. The van der Waals surface area contributed by atoms with Crippen molar-refractivity contribution in [3.8, 4) is 0 Å². The number of alkyl halides is 1. The minimum Gasteiger partial charge on any atom is -0.387 e. The van der Waals surface area contributed by atoms with Crippen LogP contribution in [0.15, 0.2) is 6.33 Å². The fourth-order valence-corrected chi connectivity index (χ4v) is 6.47. The predicted molar refractivity (Wildman–Crippen MR) is 109 cm³/mol. The van der Waals surface area contributed by atoms with Crippen LogP contribution < -0.4 is 4.90 Å². The molecule has 2 aromatic heterocycles. The van der Waals surface area contributed by atoms with E-state index in [2.05, 4.69) is 19.5 Å². The molecule has 1 unspecified atom stereocenters. The molecule has 0 spiro atoms. The second kappa shape index (κ2) is 8.86. The molecule has 4 rings (SSSR count). The lowest BCUT2D eigenvalue weighted by molar-refractivity contribution is -0.0425. The lowest BCUT2D eigenvalue weighted by atomic mass is 10.1. The third-order valence-corrected chi connectivity index (χ3v) is 8.78. The van der Waals surface area contributed by atoms with E-state index >= 15 is 0 Å². The van der Waals surface area contributed by atoms with E-state index in [0.29, 0.717) is 11.3 Å². The molecule has 0 amide bonds. The maximum Gasteiger partial charge on any atom is 0.340 e. The van der Waals surface area contributed by atoms with Crippen molar-refractivity contribution in [2.75, 3.05) is 30.5 Å². The predicted octanol–water partition coefficient (Wildman–Crippen LogP) is 1.01.